The Bertz CT molecular complexity index is 408. The van der Waals surface area contributed by atoms with Crippen molar-refractivity contribution in [2.45, 2.75) is 38.1 Å². The van der Waals surface area contributed by atoms with E-state index in [1.807, 2.05) is 20.0 Å². The van der Waals surface area contributed by atoms with E-state index in [0.29, 0.717) is 0 Å². The fraction of sp³-hybridized carbons (Fsp3) is 0.538. The van der Waals surface area contributed by atoms with Gasteiger partial charge >= 0.3 is 0 Å². The zero-order chi connectivity index (χ0) is 13.1. The first-order chi connectivity index (χ1) is 7.90. The normalized spacial score (nSPS) is 11.4. The highest BCUT2D eigenvalue weighted by atomic mass is 32.2. The summed E-state index contributed by atoms with van der Waals surface area (Å²) in [5.74, 6) is 2.65. The number of hydrogen-bond acceptors (Lipinski definition) is 4. The molecular formula is C13H21N3S. The maximum atomic E-state index is 4.65. The molecule has 4 heteroatoms. The van der Waals surface area contributed by atoms with Crippen molar-refractivity contribution in [3.63, 3.8) is 0 Å². The average Bonchev–Trinajstić information content (AvgIpc) is 2.26. The van der Waals surface area contributed by atoms with E-state index in [0.717, 1.165) is 28.0 Å². The molecule has 0 aliphatic heterocycles. The van der Waals surface area contributed by atoms with Gasteiger partial charge in [-0.3, -0.25) is 0 Å². The lowest BCUT2D eigenvalue weighted by Crippen LogP contribution is -2.18. The summed E-state index contributed by atoms with van der Waals surface area (Å²) in [4.78, 5) is 9.22. The van der Waals surface area contributed by atoms with Gasteiger partial charge in [0.25, 0.3) is 0 Å². The molecule has 1 rings (SSSR count). The fourth-order valence-corrected chi connectivity index (χ4v) is 2.09. The summed E-state index contributed by atoms with van der Waals surface area (Å²) in [5.41, 5.74) is 1.07. The summed E-state index contributed by atoms with van der Waals surface area (Å²) in [6, 6.07) is 0. The van der Waals surface area contributed by atoms with Crippen LogP contribution in [-0.4, -0.2) is 22.8 Å². The quantitative estimate of drug-likeness (QED) is 0.505. The second-order valence-electron chi connectivity index (χ2n) is 4.93. The van der Waals surface area contributed by atoms with Gasteiger partial charge in [0, 0.05) is 23.8 Å². The van der Waals surface area contributed by atoms with E-state index in [1.165, 1.54) is 0 Å². The van der Waals surface area contributed by atoms with Gasteiger partial charge in [-0.1, -0.05) is 26.8 Å². The molecule has 0 aliphatic rings. The number of nitrogens with one attached hydrogen (secondary N) is 1. The molecule has 1 heterocycles. The van der Waals surface area contributed by atoms with Crippen molar-refractivity contribution in [2.24, 2.45) is 0 Å². The molecule has 0 saturated heterocycles. The molecule has 0 spiro atoms. The summed E-state index contributed by atoms with van der Waals surface area (Å²) in [6.07, 6.45) is 1.89. The van der Waals surface area contributed by atoms with Crippen LogP contribution in [0.4, 0.5) is 5.82 Å². The minimum Gasteiger partial charge on any atom is -0.373 e. The molecule has 0 saturated carbocycles. The van der Waals surface area contributed by atoms with Gasteiger partial charge in [0.2, 0.25) is 0 Å². The van der Waals surface area contributed by atoms with Gasteiger partial charge in [-0.15, -0.1) is 18.3 Å². The predicted molar refractivity (Wildman–Crippen MR) is 75.9 cm³/mol. The Morgan fingerprint density at radius 1 is 1.35 bits per heavy atom. The van der Waals surface area contributed by atoms with Crippen LogP contribution in [0.1, 0.15) is 32.2 Å². The van der Waals surface area contributed by atoms with Crippen molar-refractivity contribution in [3.05, 3.63) is 24.0 Å². The predicted octanol–water partition coefficient (Wildman–Crippen LogP) is 3.40. The molecular weight excluding hydrogens is 230 g/mol. The first-order valence-electron chi connectivity index (χ1n) is 5.70. The molecule has 0 aliphatic carbocycles. The standard InChI is InChI=1S/C13H21N3S/c1-7-8-17-11-9(2)10(14-6)15-12(16-11)13(3,4)5/h7H,1,8H2,2-6H3,(H,14,15,16). The number of anilines is 1. The fourth-order valence-electron chi connectivity index (χ4n) is 1.35. The van der Waals surface area contributed by atoms with Crippen LogP contribution >= 0.6 is 11.8 Å². The molecule has 94 valence electrons. The molecule has 0 fully saturated rings. The summed E-state index contributed by atoms with van der Waals surface area (Å²) in [7, 11) is 1.89. The van der Waals surface area contributed by atoms with E-state index in [-0.39, 0.29) is 5.41 Å². The van der Waals surface area contributed by atoms with Crippen LogP contribution in [0.25, 0.3) is 0 Å². The van der Waals surface area contributed by atoms with E-state index >= 15 is 0 Å². The molecule has 3 nitrogen and oxygen atoms in total. The van der Waals surface area contributed by atoms with Crippen molar-refractivity contribution < 1.29 is 0 Å². The van der Waals surface area contributed by atoms with Crippen LogP contribution in [0.5, 0.6) is 0 Å². The second-order valence-corrected chi connectivity index (χ2v) is 5.93. The molecule has 0 atom stereocenters. The number of hydrogen-bond donors (Lipinski definition) is 1. The largest absolute Gasteiger partial charge is 0.373 e. The monoisotopic (exact) mass is 251 g/mol. The van der Waals surface area contributed by atoms with E-state index in [9.17, 15) is 0 Å². The van der Waals surface area contributed by atoms with Crippen LogP contribution < -0.4 is 5.32 Å². The molecule has 0 amide bonds. The third-order valence-corrected chi connectivity index (χ3v) is 3.42. The maximum Gasteiger partial charge on any atom is 0.137 e. The van der Waals surface area contributed by atoms with E-state index in [4.69, 9.17) is 0 Å². The van der Waals surface area contributed by atoms with Gasteiger partial charge in [0.15, 0.2) is 0 Å². The smallest absolute Gasteiger partial charge is 0.137 e. The Kier molecular flexibility index (Phi) is 4.57. The van der Waals surface area contributed by atoms with Crippen LogP contribution in [0, 0.1) is 6.92 Å². The zero-order valence-electron chi connectivity index (χ0n) is 11.3. The minimum atomic E-state index is -0.0389. The van der Waals surface area contributed by atoms with Crippen molar-refractivity contribution in [1.29, 1.82) is 0 Å². The summed E-state index contributed by atoms with van der Waals surface area (Å²) in [6.45, 7) is 12.2. The van der Waals surface area contributed by atoms with Crippen LogP contribution in [0.15, 0.2) is 17.7 Å². The molecule has 1 aromatic rings. The SMILES string of the molecule is C=CCSc1nc(C(C)(C)C)nc(NC)c1C. The molecule has 1 N–H and O–H groups in total. The molecule has 17 heavy (non-hydrogen) atoms. The summed E-state index contributed by atoms with van der Waals surface area (Å²) < 4.78 is 0. The number of thioether (sulfide) groups is 1. The van der Waals surface area contributed by atoms with Crippen molar-refractivity contribution >= 4 is 17.6 Å². The Hall–Kier alpha value is -1.03. The highest BCUT2D eigenvalue weighted by molar-refractivity contribution is 7.99. The van der Waals surface area contributed by atoms with Gasteiger partial charge in [-0.2, -0.15) is 0 Å². The van der Waals surface area contributed by atoms with Gasteiger partial charge in [-0.05, 0) is 6.92 Å². The van der Waals surface area contributed by atoms with E-state index in [2.05, 4.69) is 42.6 Å². The van der Waals surface area contributed by atoms with Crippen molar-refractivity contribution in [2.75, 3.05) is 18.1 Å². The number of aromatic nitrogens is 2. The topological polar surface area (TPSA) is 37.8 Å². The van der Waals surface area contributed by atoms with Crippen LogP contribution in [-0.2, 0) is 5.41 Å². The Balaban J connectivity index is 3.23. The number of nitrogens with zero attached hydrogens (tertiary/aromatic N) is 2. The average molecular weight is 251 g/mol. The summed E-state index contributed by atoms with van der Waals surface area (Å²) >= 11 is 1.70. The number of rotatable bonds is 4. The van der Waals surface area contributed by atoms with Gasteiger partial charge in [0.1, 0.15) is 16.7 Å². The first-order valence-corrected chi connectivity index (χ1v) is 6.69. The molecule has 0 bridgehead atoms. The van der Waals surface area contributed by atoms with E-state index in [1.54, 1.807) is 11.8 Å². The highest BCUT2D eigenvalue weighted by Crippen LogP contribution is 2.28. The molecule has 0 aromatic carbocycles. The lowest BCUT2D eigenvalue weighted by molar-refractivity contribution is 0.538. The lowest BCUT2D eigenvalue weighted by Gasteiger charge is -2.19. The van der Waals surface area contributed by atoms with Gasteiger partial charge in [-0.25, -0.2) is 9.97 Å². The lowest BCUT2D eigenvalue weighted by atomic mass is 9.95. The summed E-state index contributed by atoms with van der Waals surface area (Å²) in [5, 5.41) is 4.17. The van der Waals surface area contributed by atoms with Crippen LogP contribution in [0.2, 0.25) is 0 Å². The molecule has 1 aromatic heterocycles. The van der Waals surface area contributed by atoms with Gasteiger partial charge < -0.3 is 5.32 Å². The maximum absolute atomic E-state index is 4.65. The van der Waals surface area contributed by atoms with Gasteiger partial charge in [0.05, 0.1) is 0 Å². The zero-order valence-corrected chi connectivity index (χ0v) is 12.1. The third-order valence-electron chi connectivity index (χ3n) is 2.35. The minimum absolute atomic E-state index is 0.0389. The Morgan fingerprint density at radius 2 is 2.00 bits per heavy atom. The Morgan fingerprint density at radius 3 is 2.47 bits per heavy atom. The Labute approximate surface area is 108 Å². The highest BCUT2D eigenvalue weighted by Gasteiger charge is 2.20. The molecule has 0 radical (unpaired) electrons. The molecule has 0 unspecified atom stereocenters. The third kappa shape index (κ3) is 3.46. The van der Waals surface area contributed by atoms with Crippen molar-refractivity contribution in [1.82, 2.24) is 9.97 Å². The second kappa shape index (κ2) is 5.54. The van der Waals surface area contributed by atoms with E-state index < -0.39 is 0 Å². The van der Waals surface area contributed by atoms with Crippen molar-refractivity contribution in [3.8, 4) is 0 Å². The first kappa shape index (κ1) is 14.0. The van der Waals surface area contributed by atoms with Crippen LogP contribution in [0.3, 0.4) is 0 Å².